The molecule has 0 heterocycles. The van der Waals surface area contributed by atoms with E-state index in [2.05, 4.69) is 9.62 Å². The molecule has 0 saturated heterocycles. The third kappa shape index (κ3) is 2.42. The van der Waals surface area contributed by atoms with Crippen LogP contribution in [0.15, 0.2) is 24.3 Å². The van der Waals surface area contributed by atoms with Crippen LogP contribution in [0.2, 0.25) is 0 Å². The quantitative estimate of drug-likeness (QED) is 0.255. The van der Waals surface area contributed by atoms with Gasteiger partial charge in [-0.25, -0.2) is 4.79 Å². The highest BCUT2D eigenvalue weighted by atomic mass is 17.1. The zero-order chi connectivity index (χ0) is 10.6. The Balaban J connectivity index is 2.73. The highest BCUT2D eigenvalue weighted by Crippen LogP contribution is 2.17. The van der Waals surface area contributed by atoms with Gasteiger partial charge in [-0.1, -0.05) is 0 Å². The van der Waals surface area contributed by atoms with E-state index in [4.69, 9.17) is 5.26 Å². The molecule has 1 aromatic rings. The first-order valence-corrected chi connectivity index (χ1v) is 3.41. The van der Waals surface area contributed by atoms with Crippen LogP contribution in [0.25, 0.3) is 0 Å². The smallest absolute Gasteiger partial charge is 0.393 e. The molecular formula is C7H5NO6. The van der Waals surface area contributed by atoms with Gasteiger partial charge < -0.3 is 4.74 Å². The predicted octanol–water partition coefficient (Wildman–Crippen LogP) is 1.58. The number of ether oxygens (including phenoxy) is 1. The van der Waals surface area contributed by atoms with Crippen LogP contribution in [0.3, 0.4) is 0 Å². The van der Waals surface area contributed by atoms with Gasteiger partial charge in [0.2, 0.25) is 0 Å². The molecule has 0 radical (unpaired) electrons. The molecule has 7 heteroatoms. The second-order valence-corrected chi connectivity index (χ2v) is 2.19. The van der Waals surface area contributed by atoms with Crippen molar-refractivity contribution < 1.29 is 24.6 Å². The van der Waals surface area contributed by atoms with Gasteiger partial charge in [0.15, 0.2) is 0 Å². The fraction of sp³-hybridized carbons (Fsp3) is 0. The van der Waals surface area contributed by atoms with Crippen molar-refractivity contribution in [2.24, 2.45) is 0 Å². The van der Waals surface area contributed by atoms with E-state index < -0.39 is 11.1 Å². The van der Waals surface area contributed by atoms with Crippen molar-refractivity contribution in [3.05, 3.63) is 34.4 Å². The second kappa shape index (κ2) is 4.19. The number of nitro groups is 1. The van der Waals surface area contributed by atoms with E-state index in [1.54, 1.807) is 0 Å². The summed E-state index contributed by atoms with van der Waals surface area (Å²) in [4.78, 5) is 23.2. The molecule has 1 N–H and O–H groups in total. The maximum Gasteiger partial charge on any atom is 0.545 e. The van der Waals surface area contributed by atoms with E-state index >= 15 is 0 Å². The Hall–Kier alpha value is -2.15. The second-order valence-electron chi connectivity index (χ2n) is 2.19. The summed E-state index contributed by atoms with van der Waals surface area (Å²) >= 11 is 0. The molecule has 0 saturated carbocycles. The van der Waals surface area contributed by atoms with Gasteiger partial charge in [-0.3, -0.25) is 15.0 Å². The van der Waals surface area contributed by atoms with Gasteiger partial charge in [0.1, 0.15) is 5.75 Å². The monoisotopic (exact) mass is 199 g/mol. The Morgan fingerprint density at radius 1 is 1.36 bits per heavy atom. The molecule has 0 spiro atoms. The Morgan fingerprint density at radius 2 is 1.93 bits per heavy atom. The molecule has 0 fully saturated rings. The van der Waals surface area contributed by atoms with Crippen molar-refractivity contribution in [3.63, 3.8) is 0 Å². The van der Waals surface area contributed by atoms with Crippen LogP contribution in [0, 0.1) is 10.1 Å². The summed E-state index contributed by atoms with van der Waals surface area (Å²) in [5.74, 6) is 0.0367. The zero-order valence-corrected chi connectivity index (χ0v) is 6.75. The fourth-order valence-corrected chi connectivity index (χ4v) is 0.751. The summed E-state index contributed by atoms with van der Waals surface area (Å²) in [5.41, 5.74) is -0.130. The standard InChI is InChI=1S/C7H5NO6/c9-7(14-12)13-6-3-1-5(2-4-6)8(10)11/h1-4,12H. The van der Waals surface area contributed by atoms with E-state index in [1.165, 1.54) is 12.1 Å². The molecule has 0 amide bonds. The predicted molar refractivity (Wildman–Crippen MR) is 42.8 cm³/mol. The minimum Gasteiger partial charge on any atom is -0.393 e. The molecule has 74 valence electrons. The van der Waals surface area contributed by atoms with Gasteiger partial charge in [0.05, 0.1) is 4.92 Å². The van der Waals surface area contributed by atoms with Crippen molar-refractivity contribution in [3.8, 4) is 5.75 Å². The third-order valence-corrected chi connectivity index (χ3v) is 1.32. The van der Waals surface area contributed by atoms with Gasteiger partial charge in [0, 0.05) is 12.1 Å². The van der Waals surface area contributed by atoms with Crippen molar-refractivity contribution >= 4 is 11.8 Å². The number of carbonyl (C=O) groups excluding carboxylic acids is 1. The lowest BCUT2D eigenvalue weighted by molar-refractivity contribution is -0.384. The topological polar surface area (TPSA) is 98.9 Å². The van der Waals surface area contributed by atoms with Gasteiger partial charge in [-0.2, -0.15) is 5.26 Å². The summed E-state index contributed by atoms with van der Waals surface area (Å²) in [6.07, 6.45) is -1.31. The minimum atomic E-state index is -1.31. The van der Waals surface area contributed by atoms with Crippen LogP contribution in [0.4, 0.5) is 10.5 Å². The van der Waals surface area contributed by atoms with E-state index in [1.807, 2.05) is 0 Å². The van der Waals surface area contributed by atoms with Crippen LogP contribution < -0.4 is 4.74 Å². The average Bonchev–Trinajstić information content (AvgIpc) is 2.18. The number of hydrogen-bond acceptors (Lipinski definition) is 6. The van der Waals surface area contributed by atoms with Crippen LogP contribution in [-0.4, -0.2) is 16.3 Å². The maximum absolute atomic E-state index is 10.4. The Bertz CT molecular complexity index is 346. The van der Waals surface area contributed by atoms with Gasteiger partial charge in [-0.05, 0) is 12.1 Å². The molecular weight excluding hydrogens is 194 g/mol. The molecule has 0 aromatic heterocycles. The lowest BCUT2D eigenvalue weighted by atomic mass is 10.3. The number of nitrogens with zero attached hydrogens (tertiary/aromatic N) is 1. The van der Waals surface area contributed by atoms with E-state index in [-0.39, 0.29) is 11.4 Å². The van der Waals surface area contributed by atoms with Crippen molar-refractivity contribution in [1.29, 1.82) is 0 Å². The lowest BCUT2D eigenvalue weighted by Gasteiger charge is -1.99. The number of carbonyl (C=O) groups is 1. The molecule has 1 rings (SSSR count). The highest BCUT2D eigenvalue weighted by Gasteiger charge is 2.08. The first-order chi connectivity index (χ1) is 6.63. The van der Waals surface area contributed by atoms with Crippen LogP contribution in [-0.2, 0) is 4.89 Å². The highest BCUT2D eigenvalue weighted by molar-refractivity contribution is 5.63. The molecule has 0 unspecified atom stereocenters. The van der Waals surface area contributed by atoms with Crippen molar-refractivity contribution in [2.45, 2.75) is 0 Å². The SMILES string of the molecule is O=C(OO)Oc1ccc([N+](=O)[O-])cc1. The first-order valence-electron chi connectivity index (χ1n) is 3.41. The van der Waals surface area contributed by atoms with Gasteiger partial charge in [-0.15, -0.1) is 0 Å². The summed E-state index contributed by atoms with van der Waals surface area (Å²) in [7, 11) is 0. The Morgan fingerprint density at radius 3 is 2.36 bits per heavy atom. The minimum absolute atomic E-state index is 0.0367. The summed E-state index contributed by atoms with van der Waals surface area (Å²) in [6, 6.07) is 4.71. The van der Waals surface area contributed by atoms with Crippen LogP contribution >= 0.6 is 0 Å². The summed E-state index contributed by atoms with van der Waals surface area (Å²) < 4.78 is 4.36. The van der Waals surface area contributed by atoms with Crippen LogP contribution in [0.5, 0.6) is 5.75 Å². The molecule has 14 heavy (non-hydrogen) atoms. The number of non-ortho nitro benzene ring substituents is 1. The Labute approximate surface area is 77.6 Å². The number of rotatable bonds is 2. The van der Waals surface area contributed by atoms with E-state index in [0.29, 0.717) is 0 Å². The molecule has 7 nitrogen and oxygen atoms in total. The normalized spacial score (nSPS) is 9.21. The summed E-state index contributed by atoms with van der Waals surface area (Å²) in [6.45, 7) is 0. The van der Waals surface area contributed by atoms with Crippen molar-refractivity contribution in [1.82, 2.24) is 0 Å². The average molecular weight is 199 g/mol. The maximum atomic E-state index is 10.4. The van der Waals surface area contributed by atoms with Crippen LogP contribution in [0.1, 0.15) is 0 Å². The lowest BCUT2D eigenvalue weighted by Crippen LogP contribution is -2.07. The first kappa shape index (κ1) is 9.93. The molecule has 0 aliphatic rings. The molecule has 0 atom stereocenters. The van der Waals surface area contributed by atoms with E-state index in [9.17, 15) is 14.9 Å². The largest absolute Gasteiger partial charge is 0.545 e. The Kier molecular flexibility index (Phi) is 2.97. The fourth-order valence-electron chi connectivity index (χ4n) is 0.751. The number of nitro benzene ring substituents is 1. The molecule has 0 bridgehead atoms. The third-order valence-electron chi connectivity index (χ3n) is 1.32. The van der Waals surface area contributed by atoms with E-state index in [0.717, 1.165) is 12.1 Å². The van der Waals surface area contributed by atoms with Gasteiger partial charge >= 0.3 is 6.16 Å². The van der Waals surface area contributed by atoms with Gasteiger partial charge in [0.25, 0.3) is 5.69 Å². The summed E-state index contributed by atoms with van der Waals surface area (Å²) in [5, 5.41) is 18.1. The molecule has 0 aliphatic carbocycles. The zero-order valence-electron chi connectivity index (χ0n) is 6.75. The molecule has 1 aromatic carbocycles. The molecule has 0 aliphatic heterocycles. The van der Waals surface area contributed by atoms with Crippen molar-refractivity contribution in [2.75, 3.05) is 0 Å². The number of benzene rings is 1. The number of hydrogen-bond donors (Lipinski definition) is 1.